The first-order valence-electron chi connectivity index (χ1n) is 8.87. The van der Waals surface area contributed by atoms with Gasteiger partial charge in [0.2, 0.25) is 5.91 Å². The van der Waals surface area contributed by atoms with Crippen molar-refractivity contribution < 1.29 is 4.79 Å². The molecule has 21 heavy (non-hydrogen) atoms. The summed E-state index contributed by atoms with van der Waals surface area (Å²) in [6, 6.07) is 0.753. The van der Waals surface area contributed by atoms with Crippen LogP contribution in [0.3, 0.4) is 0 Å². The molecule has 122 valence electrons. The van der Waals surface area contributed by atoms with Crippen molar-refractivity contribution in [1.82, 2.24) is 15.5 Å². The lowest BCUT2D eigenvalue weighted by Gasteiger charge is -2.40. The summed E-state index contributed by atoms with van der Waals surface area (Å²) in [6.07, 6.45) is 5.87. The van der Waals surface area contributed by atoms with Gasteiger partial charge in [-0.05, 0) is 57.0 Å². The van der Waals surface area contributed by atoms with E-state index in [1.165, 1.54) is 25.8 Å². The van der Waals surface area contributed by atoms with E-state index in [0.717, 1.165) is 32.5 Å². The zero-order chi connectivity index (χ0) is 15.2. The lowest BCUT2D eigenvalue weighted by molar-refractivity contribution is -0.123. The Kier molecular flexibility index (Phi) is 6.49. The Morgan fingerprint density at radius 2 is 2.14 bits per heavy atom. The Morgan fingerprint density at radius 1 is 1.33 bits per heavy atom. The van der Waals surface area contributed by atoms with Crippen LogP contribution in [-0.4, -0.2) is 49.1 Å². The van der Waals surface area contributed by atoms with Gasteiger partial charge in [-0.3, -0.25) is 9.69 Å². The highest BCUT2D eigenvalue weighted by Gasteiger charge is 2.28. The highest BCUT2D eigenvalue weighted by Crippen LogP contribution is 2.23. The number of carbonyl (C=O) groups excluding carboxylic acids is 1. The highest BCUT2D eigenvalue weighted by molar-refractivity contribution is 5.81. The minimum absolute atomic E-state index is 0.0590. The SMILES string of the molecule is CCC(C(C)C)N1CCCC(CNC(=O)C2CCCN2)C1. The molecule has 2 saturated heterocycles. The number of rotatable bonds is 6. The first kappa shape index (κ1) is 16.8. The quantitative estimate of drug-likeness (QED) is 0.788. The van der Waals surface area contributed by atoms with Crippen molar-refractivity contribution in [3.8, 4) is 0 Å². The van der Waals surface area contributed by atoms with Gasteiger partial charge in [0.15, 0.2) is 0 Å². The number of piperidine rings is 1. The molecule has 0 aliphatic carbocycles. The van der Waals surface area contributed by atoms with Crippen LogP contribution in [0.4, 0.5) is 0 Å². The number of nitrogens with one attached hydrogen (secondary N) is 2. The topological polar surface area (TPSA) is 44.4 Å². The fourth-order valence-corrected chi connectivity index (χ4v) is 3.99. The van der Waals surface area contributed by atoms with Gasteiger partial charge in [-0.2, -0.15) is 0 Å². The zero-order valence-corrected chi connectivity index (χ0v) is 14.0. The van der Waals surface area contributed by atoms with E-state index in [1.807, 2.05) is 0 Å². The normalized spacial score (nSPS) is 28.8. The summed E-state index contributed by atoms with van der Waals surface area (Å²) in [5.74, 6) is 1.54. The molecule has 2 aliphatic heterocycles. The minimum Gasteiger partial charge on any atom is -0.354 e. The molecular weight excluding hydrogens is 262 g/mol. The van der Waals surface area contributed by atoms with Crippen LogP contribution in [0.2, 0.25) is 0 Å². The second-order valence-corrected chi connectivity index (χ2v) is 7.12. The van der Waals surface area contributed by atoms with E-state index in [-0.39, 0.29) is 11.9 Å². The van der Waals surface area contributed by atoms with Gasteiger partial charge in [-0.1, -0.05) is 20.8 Å². The summed E-state index contributed by atoms with van der Waals surface area (Å²) in [4.78, 5) is 14.7. The van der Waals surface area contributed by atoms with Gasteiger partial charge in [0.1, 0.15) is 0 Å². The molecule has 4 nitrogen and oxygen atoms in total. The predicted octanol–water partition coefficient (Wildman–Crippen LogP) is 2.00. The summed E-state index contributed by atoms with van der Waals surface area (Å²) < 4.78 is 0. The van der Waals surface area contributed by atoms with Crippen molar-refractivity contribution >= 4 is 5.91 Å². The van der Waals surface area contributed by atoms with Crippen molar-refractivity contribution in [2.75, 3.05) is 26.2 Å². The summed E-state index contributed by atoms with van der Waals surface area (Å²) in [6.45, 7) is 11.2. The van der Waals surface area contributed by atoms with Crippen LogP contribution in [0.5, 0.6) is 0 Å². The van der Waals surface area contributed by atoms with Gasteiger partial charge in [0, 0.05) is 19.1 Å². The van der Waals surface area contributed by atoms with Crippen molar-refractivity contribution in [3.63, 3.8) is 0 Å². The third-order valence-corrected chi connectivity index (χ3v) is 5.15. The number of amides is 1. The maximum atomic E-state index is 12.1. The minimum atomic E-state index is 0.0590. The van der Waals surface area contributed by atoms with E-state index < -0.39 is 0 Å². The molecule has 0 spiro atoms. The molecule has 2 fully saturated rings. The van der Waals surface area contributed by atoms with Crippen LogP contribution in [-0.2, 0) is 4.79 Å². The van der Waals surface area contributed by atoms with Crippen LogP contribution >= 0.6 is 0 Å². The van der Waals surface area contributed by atoms with Gasteiger partial charge in [0.25, 0.3) is 0 Å². The van der Waals surface area contributed by atoms with E-state index in [1.54, 1.807) is 0 Å². The highest BCUT2D eigenvalue weighted by atomic mass is 16.2. The van der Waals surface area contributed by atoms with Crippen molar-refractivity contribution in [2.45, 2.75) is 65.0 Å². The fraction of sp³-hybridized carbons (Fsp3) is 0.941. The molecule has 1 amide bonds. The predicted molar refractivity (Wildman–Crippen MR) is 87.2 cm³/mol. The average molecular weight is 295 g/mol. The van der Waals surface area contributed by atoms with Crippen LogP contribution < -0.4 is 10.6 Å². The number of carbonyl (C=O) groups is 1. The molecule has 0 saturated carbocycles. The second-order valence-electron chi connectivity index (χ2n) is 7.12. The van der Waals surface area contributed by atoms with Crippen LogP contribution in [0, 0.1) is 11.8 Å². The van der Waals surface area contributed by atoms with Gasteiger partial charge >= 0.3 is 0 Å². The van der Waals surface area contributed by atoms with Crippen LogP contribution in [0.1, 0.15) is 52.9 Å². The molecule has 0 aromatic heterocycles. The molecule has 3 atom stereocenters. The third-order valence-electron chi connectivity index (χ3n) is 5.15. The van der Waals surface area contributed by atoms with Crippen LogP contribution in [0.15, 0.2) is 0 Å². The first-order chi connectivity index (χ1) is 10.1. The standard InChI is InChI=1S/C17H33N3O/c1-4-16(13(2)3)20-10-6-7-14(12-20)11-19-17(21)15-8-5-9-18-15/h13-16,18H,4-12H2,1-3H3,(H,19,21). The second kappa shape index (κ2) is 8.14. The van der Waals surface area contributed by atoms with Gasteiger partial charge in [-0.15, -0.1) is 0 Å². The molecule has 2 aliphatic rings. The summed E-state index contributed by atoms with van der Waals surface area (Å²) in [7, 11) is 0. The van der Waals surface area contributed by atoms with Crippen LogP contribution in [0.25, 0.3) is 0 Å². The lowest BCUT2D eigenvalue weighted by Crippen LogP contribution is -2.48. The number of hydrogen-bond donors (Lipinski definition) is 2. The van der Waals surface area contributed by atoms with E-state index in [2.05, 4.69) is 36.3 Å². The Morgan fingerprint density at radius 3 is 2.76 bits per heavy atom. The molecule has 2 rings (SSSR count). The van der Waals surface area contributed by atoms with E-state index in [9.17, 15) is 4.79 Å². The maximum Gasteiger partial charge on any atom is 0.237 e. The summed E-state index contributed by atoms with van der Waals surface area (Å²) >= 11 is 0. The van der Waals surface area contributed by atoms with E-state index >= 15 is 0 Å². The van der Waals surface area contributed by atoms with Gasteiger partial charge in [0.05, 0.1) is 6.04 Å². The van der Waals surface area contributed by atoms with E-state index in [4.69, 9.17) is 0 Å². The summed E-state index contributed by atoms with van der Waals surface area (Å²) in [5, 5.41) is 6.45. The molecule has 0 bridgehead atoms. The van der Waals surface area contributed by atoms with Crippen molar-refractivity contribution in [2.24, 2.45) is 11.8 Å². The fourth-order valence-electron chi connectivity index (χ4n) is 3.99. The third kappa shape index (κ3) is 4.68. The number of likely N-dealkylation sites (tertiary alicyclic amines) is 1. The molecule has 4 heteroatoms. The first-order valence-corrected chi connectivity index (χ1v) is 8.87. The molecular formula is C17H33N3O. The summed E-state index contributed by atoms with van der Waals surface area (Å²) in [5.41, 5.74) is 0. The molecule has 0 aromatic carbocycles. The Labute approximate surface area is 130 Å². The Balaban J connectivity index is 1.77. The molecule has 3 unspecified atom stereocenters. The molecule has 2 heterocycles. The van der Waals surface area contributed by atoms with Gasteiger partial charge < -0.3 is 10.6 Å². The Hall–Kier alpha value is -0.610. The zero-order valence-electron chi connectivity index (χ0n) is 14.0. The van der Waals surface area contributed by atoms with Gasteiger partial charge in [-0.25, -0.2) is 0 Å². The molecule has 0 aromatic rings. The lowest BCUT2D eigenvalue weighted by atomic mass is 9.92. The maximum absolute atomic E-state index is 12.1. The molecule has 2 N–H and O–H groups in total. The Bertz CT molecular complexity index is 326. The monoisotopic (exact) mass is 295 g/mol. The number of nitrogens with zero attached hydrogens (tertiary/aromatic N) is 1. The van der Waals surface area contributed by atoms with E-state index in [0.29, 0.717) is 17.9 Å². The number of hydrogen-bond acceptors (Lipinski definition) is 3. The smallest absolute Gasteiger partial charge is 0.237 e. The average Bonchev–Trinajstić information content (AvgIpc) is 3.00. The van der Waals surface area contributed by atoms with Crippen molar-refractivity contribution in [1.29, 1.82) is 0 Å². The molecule has 0 radical (unpaired) electrons. The largest absolute Gasteiger partial charge is 0.354 e. The van der Waals surface area contributed by atoms with Crippen molar-refractivity contribution in [3.05, 3.63) is 0 Å².